The molecule has 1 atom stereocenters. The third-order valence-electron chi connectivity index (χ3n) is 5.12. The average molecular weight is 335 g/mol. The van der Waals surface area contributed by atoms with Gasteiger partial charge in [-0.1, -0.05) is 49.7 Å². The summed E-state index contributed by atoms with van der Waals surface area (Å²) in [5.74, 6) is 0.809. The van der Waals surface area contributed by atoms with Gasteiger partial charge in [0.05, 0.1) is 5.56 Å². The molecular weight excluding hydrogens is 314 g/mol. The maximum atomic E-state index is 12.8. The maximum Gasteiger partial charge on any atom is 0.256 e. The largest absolute Gasteiger partial charge is 0.321 e. The molecule has 1 N–H and O–H groups in total. The van der Waals surface area contributed by atoms with Gasteiger partial charge in [-0.3, -0.25) is 4.79 Å². The second-order valence-corrected chi connectivity index (χ2v) is 7.51. The first-order chi connectivity index (χ1) is 11.8. The fourth-order valence-corrected chi connectivity index (χ4v) is 4.84. The van der Waals surface area contributed by atoms with Gasteiger partial charge in [-0.15, -0.1) is 11.3 Å². The van der Waals surface area contributed by atoms with Crippen LogP contribution >= 0.6 is 11.3 Å². The normalized spacial score (nSPS) is 16.8. The summed E-state index contributed by atoms with van der Waals surface area (Å²) < 4.78 is 0. The van der Waals surface area contributed by atoms with Crippen molar-refractivity contribution in [3.05, 3.63) is 63.8 Å². The molecule has 0 saturated heterocycles. The smallest absolute Gasteiger partial charge is 0.256 e. The molecule has 1 aromatic heterocycles. The summed E-state index contributed by atoms with van der Waals surface area (Å²) >= 11 is 1.75. The number of hydrogen-bond acceptors (Lipinski definition) is 2. The molecule has 0 radical (unpaired) electrons. The van der Waals surface area contributed by atoms with Gasteiger partial charge in [-0.05, 0) is 42.2 Å². The lowest BCUT2D eigenvalue weighted by atomic mass is 9.86. The fraction of sp³-hybridized carbons (Fsp3) is 0.286. The van der Waals surface area contributed by atoms with E-state index in [0.29, 0.717) is 0 Å². The Bertz CT molecular complexity index is 890. The Morgan fingerprint density at radius 3 is 2.92 bits per heavy atom. The minimum atomic E-state index is 0.0267. The summed E-state index contributed by atoms with van der Waals surface area (Å²) in [4.78, 5) is 14.3. The van der Waals surface area contributed by atoms with Crippen LogP contribution in [-0.4, -0.2) is 5.91 Å². The SMILES string of the molecule is CCC1CCc2c(C(=O)Nc3cccc4ccccc34)csc2C1. The van der Waals surface area contributed by atoms with Crippen LogP contribution in [0.15, 0.2) is 47.8 Å². The van der Waals surface area contributed by atoms with Crippen molar-refractivity contribution in [2.24, 2.45) is 5.92 Å². The van der Waals surface area contributed by atoms with E-state index in [9.17, 15) is 4.79 Å². The van der Waals surface area contributed by atoms with Crippen molar-refractivity contribution in [1.82, 2.24) is 0 Å². The third kappa shape index (κ3) is 2.73. The molecule has 0 aliphatic heterocycles. The minimum Gasteiger partial charge on any atom is -0.321 e. The second kappa shape index (κ2) is 6.40. The van der Waals surface area contributed by atoms with Crippen LogP contribution in [0.4, 0.5) is 5.69 Å². The molecule has 3 aromatic rings. The van der Waals surface area contributed by atoms with Gasteiger partial charge in [-0.2, -0.15) is 0 Å². The van der Waals surface area contributed by atoms with Gasteiger partial charge in [-0.25, -0.2) is 0 Å². The van der Waals surface area contributed by atoms with Crippen molar-refractivity contribution >= 4 is 33.7 Å². The van der Waals surface area contributed by atoms with Crippen LogP contribution in [0, 0.1) is 5.92 Å². The molecular formula is C21H21NOS. The van der Waals surface area contributed by atoms with Gasteiger partial charge >= 0.3 is 0 Å². The van der Waals surface area contributed by atoms with E-state index in [1.54, 1.807) is 11.3 Å². The van der Waals surface area contributed by atoms with Gasteiger partial charge in [0, 0.05) is 21.3 Å². The molecule has 0 fully saturated rings. The zero-order valence-corrected chi connectivity index (χ0v) is 14.7. The van der Waals surface area contributed by atoms with Crippen molar-refractivity contribution in [3.63, 3.8) is 0 Å². The number of benzene rings is 2. The Morgan fingerprint density at radius 1 is 1.21 bits per heavy atom. The molecule has 0 saturated carbocycles. The van der Waals surface area contributed by atoms with Gasteiger partial charge in [0.15, 0.2) is 0 Å². The van der Waals surface area contributed by atoms with Crippen LogP contribution in [0.5, 0.6) is 0 Å². The molecule has 0 bridgehead atoms. The zero-order chi connectivity index (χ0) is 16.5. The van der Waals surface area contributed by atoms with Gasteiger partial charge in [0.2, 0.25) is 0 Å². The van der Waals surface area contributed by atoms with Crippen LogP contribution in [0.2, 0.25) is 0 Å². The van der Waals surface area contributed by atoms with Crippen molar-refractivity contribution in [2.75, 3.05) is 5.32 Å². The van der Waals surface area contributed by atoms with E-state index in [1.807, 2.05) is 29.6 Å². The predicted octanol–water partition coefficient (Wildman–Crippen LogP) is 5.67. The topological polar surface area (TPSA) is 29.1 Å². The fourth-order valence-electron chi connectivity index (χ4n) is 3.64. The van der Waals surface area contributed by atoms with Crippen LogP contribution in [0.25, 0.3) is 10.8 Å². The van der Waals surface area contributed by atoms with E-state index in [1.165, 1.54) is 23.3 Å². The standard InChI is InChI=1S/C21H21NOS/c1-2-14-10-11-17-18(13-24-20(17)12-14)21(23)22-19-9-5-7-15-6-3-4-8-16(15)19/h3-9,13-14H,2,10-12H2,1H3,(H,22,23). The summed E-state index contributed by atoms with van der Waals surface area (Å²) in [5.41, 5.74) is 3.04. The first-order valence-corrected chi connectivity index (χ1v) is 9.52. The molecule has 2 aromatic carbocycles. The van der Waals surface area contributed by atoms with Crippen LogP contribution < -0.4 is 5.32 Å². The monoisotopic (exact) mass is 335 g/mol. The maximum absolute atomic E-state index is 12.8. The van der Waals surface area contributed by atoms with Gasteiger partial charge in [0.1, 0.15) is 0 Å². The Morgan fingerprint density at radius 2 is 2.04 bits per heavy atom. The average Bonchev–Trinajstić information content (AvgIpc) is 3.05. The molecule has 1 amide bonds. The highest BCUT2D eigenvalue weighted by Crippen LogP contribution is 2.34. The Labute approximate surface area is 146 Å². The first-order valence-electron chi connectivity index (χ1n) is 8.64. The number of fused-ring (bicyclic) bond motifs is 2. The lowest BCUT2D eigenvalue weighted by Gasteiger charge is -2.21. The highest BCUT2D eigenvalue weighted by atomic mass is 32.1. The van der Waals surface area contributed by atoms with Crippen LogP contribution in [0.3, 0.4) is 0 Å². The number of thiophene rings is 1. The van der Waals surface area contributed by atoms with Gasteiger partial charge in [0.25, 0.3) is 5.91 Å². The molecule has 1 aliphatic carbocycles. The van der Waals surface area contributed by atoms with Crippen molar-refractivity contribution < 1.29 is 4.79 Å². The quantitative estimate of drug-likeness (QED) is 0.656. The number of carbonyl (C=O) groups is 1. The lowest BCUT2D eigenvalue weighted by molar-refractivity contribution is 0.102. The summed E-state index contributed by atoms with van der Waals surface area (Å²) in [6.07, 6.45) is 4.61. The minimum absolute atomic E-state index is 0.0267. The van der Waals surface area contributed by atoms with E-state index in [4.69, 9.17) is 0 Å². The summed E-state index contributed by atoms with van der Waals surface area (Å²) in [6.45, 7) is 2.26. The third-order valence-corrected chi connectivity index (χ3v) is 6.17. The molecule has 1 unspecified atom stereocenters. The number of nitrogens with one attached hydrogen (secondary N) is 1. The highest BCUT2D eigenvalue weighted by Gasteiger charge is 2.24. The van der Waals surface area contributed by atoms with Crippen LogP contribution in [-0.2, 0) is 12.8 Å². The Balaban J connectivity index is 1.62. The van der Waals surface area contributed by atoms with Gasteiger partial charge < -0.3 is 5.32 Å². The van der Waals surface area contributed by atoms with Crippen molar-refractivity contribution in [1.29, 1.82) is 0 Å². The Hall–Kier alpha value is -2.13. The number of amides is 1. The molecule has 3 heteroatoms. The molecule has 1 aliphatic rings. The van der Waals surface area contributed by atoms with E-state index < -0.39 is 0 Å². The van der Waals surface area contributed by atoms with Crippen molar-refractivity contribution in [3.8, 4) is 0 Å². The summed E-state index contributed by atoms with van der Waals surface area (Å²) in [7, 11) is 0. The molecule has 1 heterocycles. The van der Waals surface area contributed by atoms with E-state index in [2.05, 4.69) is 30.4 Å². The van der Waals surface area contributed by atoms with Crippen LogP contribution in [0.1, 0.15) is 40.6 Å². The zero-order valence-electron chi connectivity index (χ0n) is 13.8. The number of carbonyl (C=O) groups excluding carboxylic acids is 1. The second-order valence-electron chi connectivity index (χ2n) is 6.55. The van der Waals surface area contributed by atoms with E-state index >= 15 is 0 Å². The predicted molar refractivity (Wildman–Crippen MR) is 102 cm³/mol. The molecule has 2 nitrogen and oxygen atoms in total. The van der Waals surface area contributed by atoms with E-state index in [0.717, 1.165) is 40.8 Å². The number of anilines is 1. The lowest BCUT2D eigenvalue weighted by Crippen LogP contribution is -2.17. The molecule has 122 valence electrons. The highest BCUT2D eigenvalue weighted by molar-refractivity contribution is 7.10. The van der Waals surface area contributed by atoms with Crippen molar-refractivity contribution in [2.45, 2.75) is 32.6 Å². The summed E-state index contributed by atoms with van der Waals surface area (Å²) in [5, 5.41) is 7.41. The van der Waals surface area contributed by atoms with E-state index in [-0.39, 0.29) is 5.91 Å². The summed E-state index contributed by atoms with van der Waals surface area (Å²) in [6, 6.07) is 14.2. The first kappa shape index (κ1) is 15.4. The molecule has 24 heavy (non-hydrogen) atoms. The molecule has 4 rings (SSSR count). The number of rotatable bonds is 3. The Kier molecular flexibility index (Phi) is 4.11. The molecule has 0 spiro atoms. The number of hydrogen-bond donors (Lipinski definition) is 1.